The van der Waals surface area contributed by atoms with Crippen molar-refractivity contribution in [3.8, 4) is 6.19 Å². The molecule has 0 bridgehead atoms. The van der Waals surface area contributed by atoms with E-state index in [0.29, 0.717) is 5.25 Å². The normalized spacial score (nSPS) is 12.1. The molecule has 9 heavy (non-hydrogen) atoms. The molecule has 0 saturated carbocycles. The fourth-order valence-electron chi connectivity index (χ4n) is 0.449. The molecule has 2 nitrogen and oxygen atoms in total. The Balaban J connectivity index is 2.99. The zero-order valence-electron chi connectivity index (χ0n) is 5.85. The molecular formula is C6H12N2S. The first-order chi connectivity index (χ1) is 4.31. The zero-order valence-corrected chi connectivity index (χ0v) is 6.66. The Morgan fingerprint density at radius 3 is 2.89 bits per heavy atom. The summed E-state index contributed by atoms with van der Waals surface area (Å²) in [5.41, 5.74) is 0. The van der Waals surface area contributed by atoms with Crippen LogP contribution in [0.3, 0.4) is 0 Å². The van der Waals surface area contributed by atoms with Crippen LogP contribution in [0.1, 0.15) is 13.3 Å². The van der Waals surface area contributed by atoms with Gasteiger partial charge in [-0.25, -0.2) is 0 Å². The second kappa shape index (κ2) is 5.77. The highest BCUT2D eigenvalue weighted by Gasteiger charge is 1.95. The number of nitriles is 1. The molecular weight excluding hydrogens is 132 g/mol. The first-order valence-corrected chi connectivity index (χ1v) is 4.24. The Hall–Kier alpha value is -0.360. The number of hydrogen-bond donors (Lipinski definition) is 1. The van der Waals surface area contributed by atoms with E-state index in [-0.39, 0.29) is 0 Å². The molecule has 3 heteroatoms. The fourth-order valence-corrected chi connectivity index (χ4v) is 0.803. The maximum Gasteiger partial charge on any atom is 0.176 e. The number of nitrogens with one attached hydrogen (secondary N) is 1. The topological polar surface area (TPSA) is 35.8 Å². The Bertz CT molecular complexity index is 97.7. The molecule has 0 spiro atoms. The Labute approximate surface area is 60.6 Å². The van der Waals surface area contributed by atoms with Crippen molar-refractivity contribution in [1.29, 1.82) is 5.26 Å². The molecule has 1 N–H and O–H groups in total. The minimum Gasteiger partial charge on any atom is -0.324 e. The summed E-state index contributed by atoms with van der Waals surface area (Å²) in [5.74, 6) is 0. The first-order valence-electron chi connectivity index (χ1n) is 2.96. The van der Waals surface area contributed by atoms with E-state index in [1.54, 1.807) is 0 Å². The molecule has 0 aromatic carbocycles. The number of nitrogens with zero attached hydrogens (tertiary/aromatic N) is 1. The molecule has 52 valence electrons. The van der Waals surface area contributed by atoms with E-state index in [1.807, 2.05) is 18.0 Å². The van der Waals surface area contributed by atoms with Crippen molar-refractivity contribution in [1.82, 2.24) is 5.32 Å². The molecule has 0 aromatic rings. The molecule has 0 amide bonds. The molecule has 0 fully saturated rings. The molecule has 0 aliphatic heterocycles. The molecule has 0 heterocycles. The molecule has 0 saturated heterocycles. The standard InChI is InChI=1S/C6H12N2S/c1-6(9-2)3-4-8-5-7/h6,8H,3-4H2,1-2H3. The van der Waals surface area contributed by atoms with Crippen LogP contribution >= 0.6 is 11.8 Å². The van der Waals surface area contributed by atoms with Crippen LogP contribution < -0.4 is 5.32 Å². The van der Waals surface area contributed by atoms with Crippen molar-refractivity contribution in [3.05, 3.63) is 0 Å². The van der Waals surface area contributed by atoms with Crippen LogP contribution in [0.5, 0.6) is 0 Å². The average Bonchev–Trinajstić information content (AvgIpc) is 1.89. The maximum absolute atomic E-state index is 8.08. The average molecular weight is 144 g/mol. The van der Waals surface area contributed by atoms with Gasteiger partial charge in [-0.3, -0.25) is 0 Å². The van der Waals surface area contributed by atoms with Crippen molar-refractivity contribution in [2.45, 2.75) is 18.6 Å². The van der Waals surface area contributed by atoms with E-state index in [0.717, 1.165) is 13.0 Å². The predicted octanol–water partition coefficient (Wildman–Crippen LogP) is 1.20. The summed E-state index contributed by atoms with van der Waals surface area (Å²) in [5, 5.41) is 11.3. The minimum absolute atomic E-state index is 0.658. The number of hydrogen-bond acceptors (Lipinski definition) is 3. The van der Waals surface area contributed by atoms with E-state index in [9.17, 15) is 0 Å². The van der Waals surface area contributed by atoms with Gasteiger partial charge in [-0.2, -0.15) is 17.0 Å². The van der Waals surface area contributed by atoms with Gasteiger partial charge in [-0.15, -0.1) is 0 Å². The summed E-state index contributed by atoms with van der Waals surface area (Å²) in [4.78, 5) is 0. The van der Waals surface area contributed by atoms with Gasteiger partial charge in [0.1, 0.15) is 0 Å². The SMILES string of the molecule is CSC(C)CCNC#N. The van der Waals surface area contributed by atoms with E-state index in [4.69, 9.17) is 5.26 Å². The highest BCUT2D eigenvalue weighted by atomic mass is 32.2. The van der Waals surface area contributed by atoms with E-state index in [2.05, 4.69) is 18.5 Å². The molecule has 1 unspecified atom stereocenters. The Morgan fingerprint density at radius 2 is 2.44 bits per heavy atom. The smallest absolute Gasteiger partial charge is 0.176 e. The third-order valence-electron chi connectivity index (χ3n) is 1.16. The van der Waals surface area contributed by atoms with Crippen molar-refractivity contribution in [2.75, 3.05) is 12.8 Å². The Morgan fingerprint density at radius 1 is 1.78 bits per heavy atom. The van der Waals surface area contributed by atoms with Crippen molar-refractivity contribution in [3.63, 3.8) is 0 Å². The van der Waals surface area contributed by atoms with Crippen LogP contribution in [0.4, 0.5) is 0 Å². The molecule has 0 aromatic heterocycles. The first kappa shape index (κ1) is 8.64. The predicted molar refractivity (Wildman–Crippen MR) is 41.2 cm³/mol. The zero-order chi connectivity index (χ0) is 7.11. The quantitative estimate of drug-likeness (QED) is 0.366. The van der Waals surface area contributed by atoms with Crippen LogP contribution in [0.25, 0.3) is 0 Å². The van der Waals surface area contributed by atoms with Gasteiger partial charge < -0.3 is 5.32 Å². The van der Waals surface area contributed by atoms with Gasteiger partial charge in [0, 0.05) is 11.8 Å². The highest BCUT2D eigenvalue weighted by Crippen LogP contribution is 2.07. The van der Waals surface area contributed by atoms with Gasteiger partial charge >= 0.3 is 0 Å². The van der Waals surface area contributed by atoms with Crippen molar-refractivity contribution >= 4 is 11.8 Å². The molecule has 1 atom stereocenters. The van der Waals surface area contributed by atoms with Crippen molar-refractivity contribution in [2.24, 2.45) is 0 Å². The van der Waals surface area contributed by atoms with Crippen LogP contribution in [0.2, 0.25) is 0 Å². The molecule has 0 rings (SSSR count). The largest absolute Gasteiger partial charge is 0.324 e. The lowest BCUT2D eigenvalue weighted by Crippen LogP contribution is -2.11. The van der Waals surface area contributed by atoms with Gasteiger partial charge in [0.15, 0.2) is 6.19 Å². The second-order valence-corrected chi connectivity index (χ2v) is 3.15. The van der Waals surface area contributed by atoms with Crippen LogP contribution in [-0.2, 0) is 0 Å². The highest BCUT2D eigenvalue weighted by molar-refractivity contribution is 7.99. The third-order valence-corrected chi connectivity index (χ3v) is 2.20. The van der Waals surface area contributed by atoms with Gasteiger partial charge in [-0.05, 0) is 12.7 Å². The molecule has 0 radical (unpaired) electrons. The van der Waals surface area contributed by atoms with Crippen LogP contribution in [-0.4, -0.2) is 18.1 Å². The summed E-state index contributed by atoms with van der Waals surface area (Å²) < 4.78 is 0. The third kappa shape index (κ3) is 5.51. The van der Waals surface area contributed by atoms with Crippen LogP contribution in [0.15, 0.2) is 0 Å². The van der Waals surface area contributed by atoms with E-state index in [1.165, 1.54) is 0 Å². The fraction of sp³-hybridized carbons (Fsp3) is 0.833. The van der Waals surface area contributed by atoms with E-state index < -0.39 is 0 Å². The molecule has 0 aliphatic rings. The number of rotatable bonds is 4. The summed E-state index contributed by atoms with van der Waals surface area (Å²) in [6, 6.07) is 0. The van der Waals surface area contributed by atoms with Crippen LogP contribution in [0, 0.1) is 11.5 Å². The van der Waals surface area contributed by atoms with Gasteiger partial charge in [0.2, 0.25) is 0 Å². The molecule has 0 aliphatic carbocycles. The van der Waals surface area contributed by atoms with E-state index >= 15 is 0 Å². The summed E-state index contributed by atoms with van der Waals surface area (Å²) in [6.07, 6.45) is 5.03. The number of thioether (sulfide) groups is 1. The summed E-state index contributed by atoms with van der Waals surface area (Å²) in [6.45, 7) is 2.96. The summed E-state index contributed by atoms with van der Waals surface area (Å²) in [7, 11) is 0. The lowest BCUT2D eigenvalue weighted by atomic mass is 10.3. The van der Waals surface area contributed by atoms with Gasteiger partial charge in [0.05, 0.1) is 0 Å². The second-order valence-electron chi connectivity index (χ2n) is 1.87. The lowest BCUT2D eigenvalue weighted by Gasteiger charge is -2.04. The minimum atomic E-state index is 0.658. The van der Waals surface area contributed by atoms with Gasteiger partial charge in [-0.1, -0.05) is 6.92 Å². The Kier molecular flexibility index (Phi) is 5.54. The van der Waals surface area contributed by atoms with Crippen molar-refractivity contribution < 1.29 is 0 Å². The lowest BCUT2D eigenvalue weighted by molar-refractivity contribution is 0.755. The summed E-state index contributed by atoms with van der Waals surface area (Å²) >= 11 is 1.83. The maximum atomic E-state index is 8.08. The monoisotopic (exact) mass is 144 g/mol. The van der Waals surface area contributed by atoms with Gasteiger partial charge in [0.25, 0.3) is 0 Å².